The van der Waals surface area contributed by atoms with Crippen molar-refractivity contribution in [1.82, 2.24) is 14.1 Å². The number of rotatable bonds is 9. The van der Waals surface area contributed by atoms with Crippen molar-refractivity contribution in [3.63, 3.8) is 0 Å². The van der Waals surface area contributed by atoms with Crippen molar-refractivity contribution in [2.75, 3.05) is 60.6 Å². The highest BCUT2D eigenvalue weighted by molar-refractivity contribution is 7.89. The third-order valence-corrected chi connectivity index (χ3v) is 8.68. The van der Waals surface area contributed by atoms with Crippen molar-refractivity contribution >= 4 is 27.5 Å². The molecule has 0 aromatic heterocycles. The van der Waals surface area contributed by atoms with Crippen LogP contribution in [0.15, 0.2) is 59.0 Å². The van der Waals surface area contributed by atoms with E-state index in [1.165, 1.54) is 43.3 Å². The van der Waals surface area contributed by atoms with E-state index in [9.17, 15) is 23.1 Å². The molecule has 2 heterocycles. The molecule has 2 aliphatic rings. The number of benzene rings is 2. The summed E-state index contributed by atoms with van der Waals surface area (Å²) in [5, 5.41) is 11.3. The number of sulfonamides is 1. The van der Waals surface area contributed by atoms with Crippen LogP contribution in [0.2, 0.25) is 0 Å². The number of ether oxygens (including phenoxy) is 2. The molecule has 2 saturated heterocycles. The zero-order chi connectivity index (χ0) is 27.4. The van der Waals surface area contributed by atoms with Crippen molar-refractivity contribution in [3.8, 4) is 5.75 Å². The summed E-state index contributed by atoms with van der Waals surface area (Å²) in [4.78, 5) is 30.3. The van der Waals surface area contributed by atoms with Crippen LogP contribution in [-0.2, 0) is 24.3 Å². The lowest BCUT2D eigenvalue weighted by Gasteiger charge is -2.29. The molecule has 4 rings (SSSR count). The predicted molar refractivity (Wildman–Crippen MR) is 141 cm³/mol. The van der Waals surface area contributed by atoms with Crippen molar-refractivity contribution in [1.29, 1.82) is 0 Å². The molecule has 0 bridgehead atoms. The number of morpholine rings is 1. The number of hydrogen-bond acceptors (Lipinski definition) is 8. The van der Waals surface area contributed by atoms with Gasteiger partial charge in [-0.1, -0.05) is 12.1 Å². The van der Waals surface area contributed by atoms with Crippen molar-refractivity contribution in [3.05, 3.63) is 65.2 Å². The first kappa shape index (κ1) is 27.8. The molecular formula is C27H33N3O7S. The number of aliphatic hydroxyl groups is 1. The number of amides is 1. The first-order valence-corrected chi connectivity index (χ1v) is 13.8. The highest BCUT2D eigenvalue weighted by atomic mass is 32.2. The normalized spacial score (nSPS) is 20.3. The second-order valence-corrected chi connectivity index (χ2v) is 11.5. The predicted octanol–water partition coefficient (Wildman–Crippen LogP) is 2.09. The largest absolute Gasteiger partial charge is 0.507 e. The molecule has 1 N–H and O–H groups in total. The minimum atomic E-state index is -3.66. The Morgan fingerprint density at radius 1 is 1.03 bits per heavy atom. The minimum Gasteiger partial charge on any atom is -0.507 e. The maximum atomic E-state index is 13.3. The Balaban J connectivity index is 1.68. The molecule has 1 atom stereocenters. The summed E-state index contributed by atoms with van der Waals surface area (Å²) in [6.07, 6.45) is 0.650. The summed E-state index contributed by atoms with van der Waals surface area (Å²) in [5.41, 5.74) is 0.868. The minimum absolute atomic E-state index is 0.0326. The van der Waals surface area contributed by atoms with Crippen LogP contribution in [0.1, 0.15) is 23.6 Å². The Morgan fingerprint density at radius 2 is 1.66 bits per heavy atom. The van der Waals surface area contributed by atoms with Gasteiger partial charge >= 0.3 is 0 Å². The summed E-state index contributed by atoms with van der Waals surface area (Å²) in [6.45, 7) is 4.06. The van der Waals surface area contributed by atoms with Gasteiger partial charge in [0.05, 0.1) is 36.8 Å². The van der Waals surface area contributed by atoms with Crippen molar-refractivity contribution in [2.24, 2.45) is 0 Å². The van der Waals surface area contributed by atoms with E-state index >= 15 is 0 Å². The van der Waals surface area contributed by atoms with Crippen LogP contribution in [0.5, 0.6) is 5.75 Å². The van der Waals surface area contributed by atoms with Crippen molar-refractivity contribution < 1.29 is 32.6 Å². The summed E-state index contributed by atoms with van der Waals surface area (Å²) < 4.78 is 36.6. The molecule has 204 valence electrons. The van der Waals surface area contributed by atoms with E-state index in [0.717, 1.165) is 23.9 Å². The van der Waals surface area contributed by atoms with Gasteiger partial charge < -0.3 is 19.5 Å². The van der Waals surface area contributed by atoms with E-state index in [1.807, 2.05) is 0 Å². The molecule has 1 amide bonds. The van der Waals surface area contributed by atoms with Gasteiger partial charge in [-0.3, -0.25) is 14.5 Å². The third-order valence-electron chi connectivity index (χ3n) is 6.85. The van der Waals surface area contributed by atoms with Crippen LogP contribution in [0.25, 0.3) is 5.76 Å². The summed E-state index contributed by atoms with van der Waals surface area (Å²) >= 11 is 0. The molecule has 2 fully saturated rings. The number of aliphatic hydroxyl groups excluding tert-OH is 1. The van der Waals surface area contributed by atoms with Gasteiger partial charge in [-0.25, -0.2) is 12.7 Å². The average molecular weight is 544 g/mol. The Labute approximate surface area is 223 Å². The Hall–Kier alpha value is -3.25. The Bertz CT molecular complexity index is 1300. The fourth-order valence-corrected chi connectivity index (χ4v) is 5.59. The topological polar surface area (TPSA) is 117 Å². The smallest absolute Gasteiger partial charge is 0.295 e. The molecule has 2 aromatic rings. The van der Waals surface area contributed by atoms with Crippen LogP contribution >= 0.6 is 0 Å². The van der Waals surface area contributed by atoms with E-state index in [4.69, 9.17) is 9.47 Å². The van der Waals surface area contributed by atoms with Gasteiger partial charge in [0.15, 0.2) is 0 Å². The fraction of sp³-hybridized carbons (Fsp3) is 0.407. The molecule has 10 nitrogen and oxygen atoms in total. The number of nitrogens with zero attached hydrogens (tertiary/aromatic N) is 3. The third kappa shape index (κ3) is 5.60. The van der Waals surface area contributed by atoms with Crippen LogP contribution < -0.4 is 4.74 Å². The number of ketones is 1. The lowest BCUT2D eigenvalue weighted by Crippen LogP contribution is -2.38. The van der Waals surface area contributed by atoms with Gasteiger partial charge in [-0.05, 0) is 48.4 Å². The fourth-order valence-electron chi connectivity index (χ4n) is 4.68. The Kier molecular flexibility index (Phi) is 8.51. The highest BCUT2D eigenvalue weighted by Gasteiger charge is 2.45. The zero-order valence-electron chi connectivity index (χ0n) is 21.8. The maximum Gasteiger partial charge on any atom is 0.295 e. The number of Topliss-reactive ketones (excluding diaryl/α,β-unsaturated/α-hetero) is 1. The molecule has 0 aliphatic carbocycles. The number of likely N-dealkylation sites (tertiary alicyclic amines) is 1. The highest BCUT2D eigenvalue weighted by Crippen LogP contribution is 2.40. The number of carbonyl (C=O) groups excluding carboxylic acids is 2. The molecule has 0 radical (unpaired) electrons. The second-order valence-electron chi connectivity index (χ2n) is 9.39. The van der Waals surface area contributed by atoms with Gasteiger partial charge in [0.25, 0.3) is 11.7 Å². The van der Waals surface area contributed by atoms with Crippen LogP contribution in [0.3, 0.4) is 0 Å². The number of carbonyl (C=O) groups is 2. The van der Waals surface area contributed by atoms with E-state index in [0.29, 0.717) is 37.5 Å². The zero-order valence-corrected chi connectivity index (χ0v) is 22.6. The molecule has 38 heavy (non-hydrogen) atoms. The van der Waals surface area contributed by atoms with Gasteiger partial charge in [-0.2, -0.15) is 0 Å². The maximum absolute atomic E-state index is 13.3. The second kappa shape index (κ2) is 11.6. The quantitative estimate of drug-likeness (QED) is 0.290. The van der Waals surface area contributed by atoms with Crippen LogP contribution in [0, 0.1) is 0 Å². The van der Waals surface area contributed by atoms with Gasteiger partial charge in [-0.15, -0.1) is 0 Å². The van der Waals surface area contributed by atoms with E-state index in [2.05, 4.69) is 4.90 Å². The number of methoxy groups -OCH3 is 1. The monoisotopic (exact) mass is 543 g/mol. The first-order valence-electron chi connectivity index (χ1n) is 12.4. The lowest BCUT2D eigenvalue weighted by molar-refractivity contribution is -0.140. The molecule has 2 aromatic carbocycles. The summed E-state index contributed by atoms with van der Waals surface area (Å²) in [6, 6.07) is 11.8. The van der Waals surface area contributed by atoms with E-state index < -0.39 is 27.8 Å². The average Bonchev–Trinajstić information content (AvgIpc) is 3.18. The van der Waals surface area contributed by atoms with E-state index in [1.54, 1.807) is 31.4 Å². The molecule has 11 heteroatoms. The summed E-state index contributed by atoms with van der Waals surface area (Å²) in [7, 11) is 0.743. The van der Waals surface area contributed by atoms with Crippen LogP contribution in [-0.4, -0.2) is 99.9 Å². The molecule has 2 aliphatic heterocycles. The first-order chi connectivity index (χ1) is 18.1. The van der Waals surface area contributed by atoms with Crippen molar-refractivity contribution in [2.45, 2.75) is 17.4 Å². The van der Waals surface area contributed by atoms with Gasteiger partial charge in [0.1, 0.15) is 11.5 Å². The lowest BCUT2D eigenvalue weighted by atomic mass is 9.95. The standard InChI is InChI=1S/C27H33N3O7S/c1-28(2)38(34,35)22-11-7-20(8-12-22)25(31)23-24(19-5-9-21(36-3)10-6-19)30(27(33)26(23)32)14-4-13-29-15-17-37-18-16-29/h5-12,24,31H,4,13-18H2,1-3H3/b25-23-. The SMILES string of the molecule is COc1ccc(C2/C(=C(/O)c3ccc(S(=O)(=O)N(C)C)cc3)C(=O)C(=O)N2CCCN2CCOCC2)cc1. The molecule has 1 unspecified atom stereocenters. The van der Waals surface area contributed by atoms with Gasteiger partial charge in [0.2, 0.25) is 10.0 Å². The number of hydrogen-bond donors (Lipinski definition) is 1. The summed E-state index contributed by atoms with van der Waals surface area (Å²) in [5.74, 6) is -1.19. The molecule has 0 spiro atoms. The Morgan fingerprint density at radius 3 is 2.24 bits per heavy atom. The van der Waals surface area contributed by atoms with Gasteiger partial charge in [0, 0.05) is 45.8 Å². The molecular weight excluding hydrogens is 510 g/mol. The van der Waals surface area contributed by atoms with E-state index in [-0.39, 0.29) is 21.8 Å². The molecule has 0 saturated carbocycles. The van der Waals surface area contributed by atoms with Crippen LogP contribution in [0.4, 0.5) is 0 Å².